The highest BCUT2D eigenvalue weighted by Crippen LogP contribution is 2.19. The van der Waals surface area contributed by atoms with Crippen LogP contribution in [0.15, 0.2) is 59.8 Å². The van der Waals surface area contributed by atoms with Gasteiger partial charge in [-0.1, -0.05) is 24.1 Å². The van der Waals surface area contributed by atoms with Crippen molar-refractivity contribution in [3.8, 4) is 12.3 Å². The van der Waals surface area contributed by atoms with Gasteiger partial charge in [-0.25, -0.2) is 5.43 Å². The molecule has 0 unspecified atom stereocenters. The molecule has 0 aliphatic heterocycles. The Morgan fingerprint density at radius 1 is 1.27 bits per heavy atom. The number of carbonyl (C=O) groups excluding carboxylic acids is 1. The third-order valence-corrected chi connectivity index (χ3v) is 3.79. The Labute approximate surface area is 149 Å². The van der Waals surface area contributed by atoms with E-state index in [2.05, 4.69) is 16.4 Å². The lowest BCUT2D eigenvalue weighted by atomic mass is 10.2. The molecule has 7 heteroatoms. The van der Waals surface area contributed by atoms with Gasteiger partial charge >= 0.3 is 0 Å². The SMILES string of the molecule is C#CCn1cc(/C=N/NC(=O)c2ccc([N+](=O)[O-])cc2)c2ccccc21. The normalized spacial score (nSPS) is 10.7. The third kappa shape index (κ3) is 3.44. The van der Waals surface area contributed by atoms with Crippen LogP contribution < -0.4 is 5.43 Å². The number of terminal acetylenes is 1. The van der Waals surface area contributed by atoms with Crippen LogP contribution in [-0.4, -0.2) is 21.6 Å². The number of aromatic nitrogens is 1. The number of fused-ring (bicyclic) bond motifs is 1. The number of amides is 1. The number of hydrogen-bond donors (Lipinski definition) is 1. The highest BCUT2D eigenvalue weighted by atomic mass is 16.6. The molecule has 3 aromatic rings. The van der Waals surface area contributed by atoms with Gasteiger partial charge in [-0.05, 0) is 18.2 Å². The van der Waals surface area contributed by atoms with Crippen molar-refractivity contribution in [3.63, 3.8) is 0 Å². The minimum Gasteiger partial charge on any atom is -0.335 e. The highest BCUT2D eigenvalue weighted by molar-refractivity contribution is 6.00. The van der Waals surface area contributed by atoms with Crippen molar-refractivity contribution in [2.45, 2.75) is 6.54 Å². The van der Waals surface area contributed by atoms with Crippen molar-refractivity contribution >= 4 is 28.7 Å². The lowest BCUT2D eigenvalue weighted by Crippen LogP contribution is -2.17. The van der Waals surface area contributed by atoms with Crippen LogP contribution in [0.3, 0.4) is 0 Å². The molecule has 0 spiro atoms. The number of non-ortho nitro benzene ring substituents is 1. The summed E-state index contributed by atoms with van der Waals surface area (Å²) in [6, 6.07) is 13.0. The molecule has 128 valence electrons. The molecule has 1 amide bonds. The maximum Gasteiger partial charge on any atom is 0.271 e. The second-order valence-corrected chi connectivity index (χ2v) is 5.44. The molecule has 3 rings (SSSR count). The maximum absolute atomic E-state index is 12.1. The first-order valence-electron chi connectivity index (χ1n) is 7.69. The van der Waals surface area contributed by atoms with E-state index in [9.17, 15) is 14.9 Å². The molecule has 0 fully saturated rings. The summed E-state index contributed by atoms with van der Waals surface area (Å²) in [6.45, 7) is 0.434. The second kappa shape index (κ2) is 7.32. The Kier molecular flexibility index (Phi) is 4.76. The number of para-hydroxylation sites is 1. The van der Waals surface area contributed by atoms with Crippen LogP contribution in [0.5, 0.6) is 0 Å². The molecule has 0 radical (unpaired) electrons. The molecule has 0 saturated heterocycles. The Hall–Kier alpha value is -3.92. The predicted octanol–water partition coefficient (Wildman–Crippen LogP) is 2.95. The van der Waals surface area contributed by atoms with E-state index in [4.69, 9.17) is 6.42 Å². The van der Waals surface area contributed by atoms with Gasteiger partial charge in [-0.3, -0.25) is 14.9 Å². The summed E-state index contributed by atoms with van der Waals surface area (Å²) in [7, 11) is 0. The average Bonchev–Trinajstić information content (AvgIpc) is 3.00. The minimum absolute atomic E-state index is 0.0774. The van der Waals surface area contributed by atoms with Crippen molar-refractivity contribution in [2.75, 3.05) is 0 Å². The molecule has 1 aromatic heterocycles. The first kappa shape index (κ1) is 16.9. The van der Waals surface area contributed by atoms with E-state index in [1.807, 2.05) is 35.0 Å². The summed E-state index contributed by atoms with van der Waals surface area (Å²) in [5.41, 5.74) is 4.42. The molecule has 26 heavy (non-hydrogen) atoms. The van der Waals surface area contributed by atoms with Crippen molar-refractivity contribution in [3.05, 3.63) is 76.0 Å². The first-order chi connectivity index (χ1) is 12.6. The molecular formula is C19H14N4O3. The van der Waals surface area contributed by atoms with Crippen LogP contribution in [0.2, 0.25) is 0 Å². The van der Waals surface area contributed by atoms with Gasteiger partial charge in [0.25, 0.3) is 11.6 Å². The summed E-state index contributed by atoms with van der Waals surface area (Å²) in [6.07, 6.45) is 8.80. The van der Waals surface area contributed by atoms with Crippen LogP contribution in [0.25, 0.3) is 10.9 Å². The Morgan fingerprint density at radius 2 is 2.00 bits per heavy atom. The number of hydrazone groups is 1. The van der Waals surface area contributed by atoms with Gasteiger partial charge in [-0.2, -0.15) is 5.10 Å². The van der Waals surface area contributed by atoms with E-state index < -0.39 is 10.8 Å². The molecule has 0 atom stereocenters. The fourth-order valence-corrected chi connectivity index (χ4v) is 2.57. The zero-order valence-corrected chi connectivity index (χ0v) is 13.6. The Morgan fingerprint density at radius 3 is 2.69 bits per heavy atom. The van der Waals surface area contributed by atoms with E-state index >= 15 is 0 Å². The standard InChI is InChI=1S/C19H14N4O3/c1-2-11-22-13-15(17-5-3-4-6-18(17)22)12-20-21-19(24)14-7-9-16(10-8-14)23(25)26/h1,3-10,12-13H,11H2,(H,21,24)/b20-12+. The van der Waals surface area contributed by atoms with E-state index in [0.29, 0.717) is 6.54 Å². The molecular weight excluding hydrogens is 332 g/mol. The zero-order chi connectivity index (χ0) is 18.5. The van der Waals surface area contributed by atoms with E-state index in [-0.39, 0.29) is 11.3 Å². The topological polar surface area (TPSA) is 89.5 Å². The van der Waals surface area contributed by atoms with Crippen LogP contribution in [-0.2, 0) is 6.54 Å². The van der Waals surface area contributed by atoms with Gasteiger partial charge in [0, 0.05) is 40.4 Å². The molecule has 0 bridgehead atoms. The van der Waals surface area contributed by atoms with Gasteiger partial charge in [0.15, 0.2) is 0 Å². The van der Waals surface area contributed by atoms with Crippen LogP contribution >= 0.6 is 0 Å². The van der Waals surface area contributed by atoms with Crippen molar-refractivity contribution in [1.82, 2.24) is 9.99 Å². The summed E-state index contributed by atoms with van der Waals surface area (Å²) in [5, 5.41) is 15.6. The molecule has 7 nitrogen and oxygen atoms in total. The molecule has 0 aliphatic rings. The smallest absolute Gasteiger partial charge is 0.271 e. The lowest BCUT2D eigenvalue weighted by molar-refractivity contribution is -0.384. The van der Waals surface area contributed by atoms with Crippen LogP contribution in [0, 0.1) is 22.5 Å². The van der Waals surface area contributed by atoms with Crippen molar-refractivity contribution in [1.29, 1.82) is 0 Å². The number of hydrogen-bond acceptors (Lipinski definition) is 4. The third-order valence-electron chi connectivity index (χ3n) is 3.79. The summed E-state index contributed by atoms with van der Waals surface area (Å²) < 4.78 is 1.93. The number of benzene rings is 2. The molecule has 0 saturated carbocycles. The largest absolute Gasteiger partial charge is 0.335 e. The highest BCUT2D eigenvalue weighted by Gasteiger charge is 2.09. The summed E-state index contributed by atoms with van der Waals surface area (Å²) >= 11 is 0. The lowest BCUT2D eigenvalue weighted by Gasteiger charge is -1.99. The maximum atomic E-state index is 12.1. The van der Waals surface area contributed by atoms with E-state index in [1.165, 1.54) is 24.3 Å². The summed E-state index contributed by atoms with van der Waals surface area (Å²) in [5.74, 6) is 2.14. The molecule has 2 aromatic carbocycles. The average molecular weight is 346 g/mol. The molecule has 1 N–H and O–H groups in total. The summed E-state index contributed by atoms with van der Waals surface area (Å²) in [4.78, 5) is 22.2. The van der Waals surface area contributed by atoms with E-state index in [0.717, 1.165) is 16.5 Å². The first-order valence-corrected chi connectivity index (χ1v) is 7.69. The van der Waals surface area contributed by atoms with Crippen LogP contribution in [0.1, 0.15) is 15.9 Å². The van der Waals surface area contributed by atoms with Crippen LogP contribution in [0.4, 0.5) is 5.69 Å². The number of nitro benzene ring substituents is 1. The van der Waals surface area contributed by atoms with E-state index in [1.54, 1.807) is 6.21 Å². The monoisotopic (exact) mass is 346 g/mol. The van der Waals surface area contributed by atoms with Crippen molar-refractivity contribution < 1.29 is 9.72 Å². The number of nitrogens with one attached hydrogen (secondary N) is 1. The van der Waals surface area contributed by atoms with Crippen molar-refractivity contribution in [2.24, 2.45) is 5.10 Å². The van der Waals surface area contributed by atoms with Gasteiger partial charge < -0.3 is 4.57 Å². The zero-order valence-electron chi connectivity index (χ0n) is 13.6. The number of nitro groups is 1. The quantitative estimate of drug-likeness (QED) is 0.333. The van der Waals surface area contributed by atoms with Gasteiger partial charge in [0.2, 0.25) is 0 Å². The molecule has 1 heterocycles. The number of nitrogens with zero attached hydrogens (tertiary/aromatic N) is 3. The second-order valence-electron chi connectivity index (χ2n) is 5.44. The number of carbonyl (C=O) groups is 1. The van der Waals surface area contributed by atoms with Gasteiger partial charge in [0.05, 0.1) is 17.7 Å². The fraction of sp³-hybridized carbons (Fsp3) is 0.0526. The molecule has 0 aliphatic carbocycles. The Bertz CT molecular complexity index is 1040. The Balaban J connectivity index is 1.76. The minimum atomic E-state index is -0.522. The number of rotatable bonds is 5. The van der Waals surface area contributed by atoms with Gasteiger partial charge in [-0.15, -0.1) is 6.42 Å². The van der Waals surface area contributed by atoms with Gasteiger partial charge in [0.1, 0.15) is 0 Å². The fourth-order valence-electron chi connectivity index (χ4n) is 2.57. The predicted molar refractivity (Wildman–Crippen MR) is 98.9 cm³/mol.